The summed E-state index contributed by atoms with van der Waals surface area (Å²) in [4.78, 5) is 14.2. The van der Waals surface area contributed by atoms with Crippen LogP contribution in [-0.2, 0) is 0 Å². The lowest BCUT2D eigenvalue weighted by atomic mass is 9.94. The summed E-state index contributed by atoms with van der Waals surface area (Å²) in [6, 6.07) is 6.48. The van der Waals surface area contributed by atoms with E-state index in [-0.39, 0.29) is 22.6 Å². The lowest BCUT2D eigenvalue weighted by Crippen LogP contribution is -2.51. The van der Waals surface area contributed by atoms with Crippen LogP contribution in [0.2, 0.25) is 0 Å². The van der Waals surface area contributed by atoms with E-state index in [1.165, 1.54) is 24.3 Å². The Kier molecular flexibility index (Phi) is 5.60. The molecule has 7 rings (SSSR count). The first kappa shape index (κ1) is 24.1. The van der Waals surface area contributed by atoms with Crippen molar-refractivity contribution >= 4 is 33.2 Å². The number of phenolic OH excluding ortho intramolecular Hbond substituents is 1. The molecule has 0 radical (unpaired) electrons. The van der Waals surface area contributed by atoms with Crippen LogP contribution in [0.25, 0.3) is 32.8 Å². The van der Waals surface area contributed by atoms with Crippen molar-refractivity contribution in [3.8, 4) is 29.4 Å². The molecule has 2 unspecified atom stereocenters. The first-order valence-corrected chi connectivity index (χ1v) is 13.6. The van der Waals surface area contributed by atoms with E-state index >= 15 is 4.39 Å². The maximum Gasteiger partial charge on any atom is 0.157 e. The monoisotopic (exact) mass is 525 g/mol. The fraction of sp³-hybridized carbons (Fsp3) is 0.355. The molecule has 0 aliphatic carbocycles. The molecule has 2 bridgehead atoms. The number of hydrogen-bond acceptors (Lipinski definition) is 6. The average molecular weight is 526 g/mol. The number of benzene rings is 2. The molecule has 3 aliphatic heterocycles. The molecular formula is C31H29F2N5O. The molecule has 0 saturated carbocycles. The zero-order valence-corrected chi connectivity index (χ0v) is 21.8. The third-order valence-electron chi connectivity index (χ3n) is 8.56. The van der Waals surface area contributed by atoms with Crippen molar-refractivity contribution in [2.45, 2.75) is 44.7 Å². The summed E-state index contributed by atoms with van der Waals surface area (Å²) in [7, 11) is 0. The summed E-state index contributed by atoms with van der Waals surface area (Å²) >= 11 is 0. The van der Waals surface area contributed by atoms with Gasteiger partial charge in [-0.05, 0) is 56.2 Å². The Balaban J connectivity index is 1.50. The predicted octanol–water partition coefficient (Wildman–Crippen LogP) is 5.26. The molecule has 2 N–H and O–H groups in total. The van der Waals surface area contributed by atoms with Gasteiger partial charge in [0.25, 0.3) is 0 Å². The summed E-state index contributed by atoms with van der Waals surface area (Å²) in [5.41, 5.74) is 1.06. The number of aromatic nitrogens is 2. The van der Waals surface area contributed by atoms with Crippen molar-refractivity contribution in [3.63, 3.8) is 0 Å². The number of piperazine rings is 1. The van der Waals surface area contributed by atoms with Gasteiger partial charge in [0.15, 0.2) is 5.82 Å². The van der Waals surface area contributed by atoms with Crippen LogP contribution < -0.4 is 15.1 Å². The Labute approximate surface area is 225 Å². The molecule has 198 valence electrons. The number of phenols is 1. The fourth-order valence-corrected chi connectivity index (χ4v) is 6.77. The third-order valence-corrected chi connectivity index (χ3v) is 8.56. The Bertz CT molecular complexity index is 1680. The number of anilines is 2. The van der Waals surface area contributed by atoms with Gasteiger partial charge < -0.3 is 20.2 Å². The van der Waals surface area contributed by atoms with Gasteiger partial charge in [-0.25, -0.2) is 13.8 Å². The van der Waals surface area contributed by atoms with Gasteiger partial charge in [-0.1, -0.05) is 12.0 Å². The van der Waals surface area contributed by atoms with Crippen molar-refractivity contribution in [2.24, 2.45) is 0 Å². The van der Waals surface area contributed by atoms with E-state index < -0.39 is 11.6 Å². The van der Waals surface area contributed by atoms with E-state index in [2.05, 4.69) is 26.0 Å². The van der Waals surface area contributed by atoms with Crippen molar-refractivity contribution in [3.05, 3.63) is 53.2 Å². The van der Waals surface area contributed by atoms with E-state index in [0.29, 0.717) is 33.6 Å². The zero-order chi connectivity index (χ0) is 26.8. The summed E-state index contributed by atoms with van der Waals surface area (Å²) in [5.74, 6) is 2.79. The van der Waals surface area contributed by atoms with Gasteiger partial charge >= 0.3 is 0 Å². The van der Waals surface area contributed by atoms with Crippen LogP contribution in [0, 0.1) is 30.9 Å². The predicted molar refractivity (Wildman–Crippen MR) is 150 cm³/mol. The van der Waals surface area contributed by atoms with Gasteiger partial charge in [0, 0.05) is 71.7 Å². The second kappa shape index (κ2) is 9.06. The fourth-order valence-electron chi connectivity index (χ4n) is 6.77. The van der Waals surface area contributed by atoms with Crippen LogP contribution in [0.1, 0.15) is 36.8 Å². The number of pyridine rings is 2. The van der Waals surface area contributed by atoms with Gasteiger partial charge in [0.05, 0.1) is 5.56 Å². The SMILES string of the molecule is C#Cc1c(F)ccc2cc(O)cc(-c3ncc4c(N5CC6CCC(C5)N6)nc(N5CCCC5)c(C)c4c3F)c12. The highest BCUT2D eigenvalue weighted by Crippen LogP contribution is 2.42. The van der Waals surface area contributed by atoms with Crippen LogP contribution in [0.3, 0.4) is 0 Å². The number of terminal acetylenes is 1. The Morgan fingerprint density at radius 3 is 2.49 bits per heavy atom. The summed E-state index contributed by atoms with van der Waals surface area (Å²) < 4.78 is 31.6. The lowest BCUT2D eigenvalue weighted by Gasteiger charge is -2.35. The number of aryl methyl sites for hydroxylation is 1. The zero-order valence-electron chi connectivity index (χ0n) is 21.8. The standard InChI is InChI=1S/C31H29F2N5O/c1-3-22-25(32)9-6-18-12-21(39)13-23(27(18)22)29-28(33)26-17(2)30(37-10-4-5-11-37)36-31(24(26)14-34-29)38-15-19-7-8-20(16-38)35-19/h1,6,9,12-14,19-20,35,39H,4-5,7-8,10-11,15-16H2,2H3. The van der Waals surface area contributed by atoms with Crippen LogP contribution in [0.15, 0.2) is 30.5 Å². The summed E-state index contributed by atoms with van der Waals surface area (Å²) in [6.45, 7) is 5.30. The maximum atomic E-state index is 16.8. The first-order chi connectivity index (χ1) is 18.9. The van der Waals surface area contributed by atoms with Gasteiger partial charge in [0.1, 0.15) is 28.9 Å². The molecular weight excluding hydrogens is 496 g/mol. The van der Waals surface area contributed by atoms with Crippen molar-refractivity contribution < 1.29 is 13.9 Å². The molecule has 3 saturated heterocycles. The van der Waals surface area contributed by atoms with E-state index in [0.717, 1.165) is 69.1 Å². The third kappa shape index (κ3) is 3.79. The molecule has 2 atom stereocenters. The van der Waals surface area contributed by atoms with Crippen LogP contribution >= 0.6 is 0 Å². The van der Waals surface area contributed by atoms with Crippen molar-refractivity contribution in [1.29, 1.82) is 0 Å². The van der Waals surface area contributed by atoms with E-state index in [1.807, 2.05) is 6.92 Å². The second-order valence-electron chi connectivity index (χ2n) is 11.0. The smallest absolute Gasteiger partial charge is 0.157 e. The highest BCUT2D eigenvalue weighted by atomic mass is 19.1. The van der Waals surface area contributed by atoms with Gasteiger partial charge in [-0.15, -0.1) is 6.42 Å². The number of nitrogens with one attached hydrogen (secondary N) is 1. The minimum atomic E-state index is -0.578. The Morgan fingerprint density at radius 2 is 1.77 bits per heavy atom. The van der Waals surface area contributed by atoms with Gasteiger partial charge in [0.2, 0.25) is 0 Å². The second-order valence-corrected chi connectivity index (χ2v) is 11.0. The highest BCUT2D eigenvalue weighted by molar-refractivity contribution is 6.04. The van der Waals surface area contributed by atoms with E-state index in [4.69, 9.17) is 11.4 Å². The number of rotatable bonds is 3. The molecule has 39 heavy (non-hydrogen) atoms. The molecule has 5 heterocycles. The molecule has 6 nitrogen and oxygen atoms in total. The Hall–Kier alpha value is -3.96. The van der Waals surface area contributed by atoms with E-state index in [1.54, 1.807) is 6.20 Å². The lowest BCUT2D eigenvalue weighted by molar-refractivity contribution is 0.464. The summed E-state index contributed by atoms with van der Waals surface area (Å²) in [6.07, 6.45) is 11.8. The largest absolute Gasteiger partial charge is 0.508 e. The van der Waals surface area contributed by atoms with E-state index in [9.17, 15) is 9.50 Å². The number of hydrogen-bond donors (Lipinski definition) is 2. The van der Waals surface area contributed by atoms with Crippen molar-refractivity contribution in [2.75, 3.05) is 36.0 Å². The number of halogens is 2. The van der Waals surface area contributed by atoms with Gasteiger partial charge in [-0.2, -0.15) is 0 Å². The molecule has 8 heteroatoms. The summed E-state index contributed by atoms with van der Waals surface area (Å²) in [5, 5.41) is 16.1. The molecule has 0 amide bonds. The molecule has 2 aromatic heterocycles. The molecule has 4 aromatic rings. The van der Waals surface area contributed by atoms with Crippen molar-refractivity contribution in [1.82, 2.24) is 15.3 Å². The minimum absolute atomic E-state index is 0.0185. The minimum Gasteiger partial charge on any atom is -0.508 e. The first-order valence-electron chi connectivity index (χ1n) is 13.6. The normalized spacial score (nSPS) is 20.8. The maximum absolute atomic E-state index is 16.8. The molecule has 0 spiro atoms. The van der Waals surface area contributed by atoms with Gasteiger partial charge in [-0.3, -0.25) is 4.98 Å². The number of fused-ring (bicyclic) bond motifs is 4. The van der Waals surface area contributed by atoms with Crippen LogP contribution in [0.4, 0.5) is 20.4 Å². The quantitative estimate of drug-likeness (QED) is 0.356. The number of nitrogens with zero attached hydrogens (tertiary/aromatic N) is 4. The topological polar surface area (TPSA) is 64.5 Å². The molecule has 3 aliphatic rings. The molecule has 2 aromatic carbocycles. The highest BCUT2D eigenvalue weighted by Gasteiger charge is 2.35. The number of aromatic hydroxyl groups is 1. The van der Waals surface area contributed by atoms with Crippen LogP contribution in [-0.4, -0.2) is 53.3 Å². The van der Waals surface area contributed by atoms with Crippen LogP contribution in [0.5, 0.6) is 5.75 Å². The molecule has 3 fully saturated rings. The average Bonchev–Trinajstić information content (AvgIpc) is 3.58. The Morgan fingerprint density at radius 1 is 1.03 bits per heavy atom.